The van der Waals surface area contributed by atoms with E-state index in [0.717, 1.165) is 5.56 Å². The van der Waals surface area contributed by atoms with Crippen molar-refractivity contribution in [3.63, 3.8) is 0 Å². The monoisotopic (exact) mass is 428 g/mol. The maximum Gasteiger partial charge on any atom is 0.282 e. The Morgan fingerprint density at radius 1 is 0.900 bits per heavy atom. The number of carbonyl (C=O) groups is 2. The first-order valence-electron chi connectivity index (χ1n) is 9.67. The second-order valence-corrected chi connectivity index (χ2v) is 7.37. The highest BCUT2D eigenvalue weighted by Gasteiger charge is 2.42. The molecular weight excluding hydrogens is 404 g/mol. The molecule has 0 atom stereocenters. The number of benzene rings is 2. The van der Waals surface area contributed by atoms with Gasteiger partial charge in [0, 0.05) is 32.3 Å². The van der Waals surface area contributed by atoms with Gasteiger partial charge in [-0.05, 0) is 36.2 Å². The van der Waals surface area contributed by atoms with Crippen LogP contribution in [0.15, 0.2) is 54.2 Å². The smallest absolute Gasteiger partial charge is 0.282 e. The Morgan fingerprint density at radius 3 is 2.07 bits per heavy atom. The van der Waals surface area contributed by atoms with Gasteiger partial charge in [0.15, 0.2) is 0 Å². The lowest BCUT2D eigenvalue weighted by molar-refractivity contribution is -0.120. The largest absolute Gasteiger partial charge is 0.383 e. The summed E-state index contributed by atoms with van der Waals surface area (Å²) in [4.78, 5) is 30.2. The molecule has 0 fully saturated rings. The number of nitrogens with zero attached hydrogens (tertiary/aromatic N) is 2. The summed E-state index contributed by atoms with van der Waals surface area (Å²) >= 11 is 6.04. The molecule has 0 radical (unpaired) electrons. The Bertz CT molecular complexity index is 948. The molecule has 0 aliphatic carbocycles. The fraction of sp³-hybridized carbons (Fsp3) is 0.304. The molecule has 158 valence electrons. The lowest BCUT2D eigenvalue weighted by Crippen LogP contribution is -2.38. The number of anilines is 1. The van der Waals surface area contributed by atoms with Crippen LogP contribution in [0.3, 0.4) is 0 Å². The van der Waals surface area contributed by atoms with Crippen LogP contribution in [0.2, 0.25) is 5.02 Å². The third kappa shape index (κ3) is 4.41. The first-order chi connectivity index (χ1) is 14.5. The molecule has 3 rings (SSSR count). The van der Waals surface area contributed by atoms with Gasteiger partial charge in [0.2, 0.25) is 0 Å². The van der Waals surface area contributed by atoms with Gasteiger partial charge in [0.1, 0.15) is 5.70 Å². The summed E-state index contributed by atoms with van der Waals surface area (Å²) in [5, 5.41) is 0.559. The van der Waals surface area contributed by atoms with Crippen molar-refractivity contribution in [3.05, 3.63) is 70.4 Å². The van der Waals surface area contributed by atoms with Gasteiger partial charge < -0.3 is 14.4 Å². The Morgan fingerprint density at radius 2 is 1.50 bits per heavy atom. The highest BCUT2D eigenvalue weighted by Crippen LogP contribution is 2.36. The molecule has 0 bridgehead atoms. The van der Waals surface area contributed by atoms with Crippen LogP contribution in [0.1, 0.15) is 11.1 Å². The van der Waals surface area contributed by atoms with E-state index in [4.69, 9.17) is 21.1 Å². The van der Waals surface area contributed by atoms with E-state index >= 15 is 0 Å². The highest BCUT2D eigenvalue weighted by atomic mass is 35.5. The van der Waals surface area contributed by atoms with Crippen LogP contribution in [0.25, 0.3) is 5.57 Å². The van der Waals surface area contributed by atoms with E-state index in [0.29, 0.717) is 53.8 Å². The zero-order chi connectivity index (χ0) is 21.7. The van der Waals surface area contributed by atoms with Crippen LogP contribution in [-0.4, -0.2) is 57.2 Å². The quantitative estimate of drug-likeness (QED) is 0.572. The zero-order valence-corrected chi connectivity index (χ0v) is 18.1. The van der Waals surface area contributed by atoms with E-state index in [1.165, 1.54) is 4.90 Å². The third-order valence-corrected chi connectivity index (χ3v) is 5.25. The number of halogens is 1. The first-order valence-corrected chi connectivity index (χ1v) is 10.0. The van der Waals surface area contributed by atoms with Crippen LogP contribution in [0, 0.1) is 6.92 Å². The number of hydrogen-bond donors (Lipinski definition) is 0. The normalized spacial score (nSPS) is 14.1. The fourth-order valence-electron chi connectivity index (χ4n) is 3.46. The molecule has 0 saturated carbocycles. The summed E-state index contributed by atoms with van der Waals surface area (Å²) in [6, 6.07) is 14.3. The van der Waals surface area contributed by atoms with Gasteiger partial charge in [-0.2, -0.15) is 0 Å². The fourth-order valence-corrected chi connectivity index (χ4v) is 3.59. The molecule has 1 heterocycles. The maximum absolute atomic E-state index is 13.6. The van der Waals surface area contributed by atoms with Crippen molar-refractivity contribution < 1.29 is 19.1 Å². The second-order valence-electron chi connectivity index (χ2n) is 6.94. The summed E-state index contributed by atoms with van der Waals surface area (Å²) in [7, 11) is 3.20. The first kappa shape index (κ1) is 22.0. The van der Waals surface area contributed by atoms with Gasteiger partial charge >= 0.3 is 0 Å². The number of carbonyl (C=O) groups excluding carboxylic acids is 2. The second kappa shape index (κ2) is 9.89. The van der Waals surface area contributed by atoms with Gasteiger partial charge in [-0.25, -0.2) is 4.90 Å². The standard InChI is InChI=1S/C23H25ClN2O4/c1-16-6-4-5-7-19(16)26-22(27)20(17-8-10-18(24)11-9-17)21(23(26)28)25(12-14-29-2)13-15-30-3/h4-11H,12-15H2,1-3H3. The average Bonchev–Trinajstić information content (AvgIpc) is 2.99. The van der Waals surface area contributed by atoms with Gasteiger partial charge in [-0.3, -0.25) is 9.59 Å². The minimum Gasteiger partial charge on any atom is -0.383 e. The van der Waals surface area contributed by atoms with Crippen molar-refractivity contribution in [2.24, 2.45) is 0 Å². The maximum atomic E-state index is 13.6. The topological polar surface area (TPSA) is 59.1 Å². The SMILES string of the molecule is COCCN(CCOC)C1=C(c2ccc(Cl)cc2)C(=O)N(c2ccccc2C)C1=O. The van der Waals surface area contributed by atoms with Gasteiger partial charge in [-0.1, -0.05) is 41.9 Å². The Hall–Kier alpha value is -2.67. The summed E-state index contributed by atoms with van der Waals surface area (Å²) < 4.78 is 10.5. The lowest BCUT2D eigenvalue weighted by Gasteiger charge is -2.26. The van der Waals surface area contributed by atoms with Crippen LogP contribution in [0.5, 0.6) is 0 Å². The van der Waals surface area contributed by atoms with Gasteiger partial charge in [0.25, 0.3) is 11.8 Å². The van der Waals surface area contributed by atoms with E-state index in [1.54, 1.807) is 44.6 Å². The minimum atomic E-state index is -0.355. The van der Waals surface area contributed by atoms with E-state index in [9.17, 15) is 9.59 Å². The van der Waals surface area contributed by atoms with Gasteiger partial charge in [-0.15, -0.1) is 0 Å². The number of ether oxygens (including phenoxy) is 2. The van der Waals surface area contributed by atoms with Crippen molar-refractivity contribution in [1.82, 2.24) is 4.90 Å². The molecule has 2 aromatic carbocycles. The van der Waals surface area contributed by atoms with Crippen molar-refractivity contribution in [3.8, 4) is 0 Å². The number of hydrogen-bond acceptors (Lipinski definition) is 5. The average molecular weight is 429 g/mol. The third-order valence-electron chi connectivity index (χ3n) is 5.00. The van der Waals surface area contributed by atoms with Crippen molar-refractivity contribution >= 4 is 34.7 Å². The minimum absolute atomic E-state index is 0.347. The number of rotatable bonds is 9. The summed E-state index contributed by atoms with van der Waals surface area (Å²) in [5.41, 5.74) is 2.76. The zero-order valence-electron chi connectivity index (χ0n) is 17.4. The molecule has 0 spiro atoms. The van der Waals surface area contributed by atoms with E-state index in [2.05, 4.69) is 0 Å². The summed E-state index contributed by atoms with van der Waals surface area (Å²) in [5.74, 6) is -0.710. The number of amides is 2. The van der Waals surface area contributed by atoms with E-state index < -0.39 is 0 Å². The lowest BCUT2D eigenvalue weighted by atomic mass is 10.0. The molecule has 0 aromatic heterocycles. The number of para-hydroxylation sites is 1. The molecule has 1 aliphatic rings. The molecule has 6 nitrogen and oxygen atoms in total. The highest BCUT2D eigenvalue weighted by molar-refractivity contribution is 6.45. The molecule has 1 aliphatic heterocycles. The van der Waals surface area contributed by atoms with E-state index in [1.807, 2.05) is 30.0 Å². The molecule has 0 saturated heterocycles. The molecule has 0 N–H and O–H groups in total. The van der Waals surface area contributed by atoms with Crippen molar-refractivity contribution in [2.45, 2.75) is 6.92 Å². The summed E-state index contributed by atoms with van der Waals surface area (Å²) in [6.45, 7) is 3.60. The Balaban J connectivity index is 2.14. The predicted molar refractivity (Wildman–Crippen MR) is 117 cm³/mol. The number of imide groups is 1. The Kier molecular flexibility index (Phi) is 7.26. The van der Waals surface area contributed by atoms with Gasteiger partial charge in [0.05, 0.1) is 24.5 Å². The molecule has 7 heteroatoms. The van der Waals surface area contributed by atoms with Crippen LogP contribution in [0.4, 0.5) is 5.69 Å². The van der Waals surface area contributed by atoms with Crippen molar-refractivity contribution in [2.75, 3.05) is 45.4 Å². The summed E-state index contributed by atoms with van der Waals surface area (Å²) in [6.07, 6.45) is 0. The van der Waals surface area contributed by atoms with Crippen molar-refractivity contribution in [1.29, 1.82) is 0 Å². The predicted octanol–water partition coefficient (Wildman–Crippen LogP) is 3.53. The van der Waals surface area contributed by atoms with Crippen LogP contribution in [-0.2, 0) is 19.1 Å². The molecule has 30 heavy (non-hydrogen) atoms. The number of methoxy groups -OCH3 is 2. The number of aryl methyl sites for hydroxylation is 1. The molecule has 0 unspecified atom stereocenters. The molecule has 2 amide bonds. The molecule has 2 aromatic rings. The Labute approximate surface area is 181 Å². The van der Waals surface area contributed by atoms with E-state index in [-0.39, 0.29) is 11.8 Å². The van der Waals surface area contributed by atoms with Crippen LogP contribution >= 0.6 is 11.6 Å². The molecular formula is C23H25ClN2O4. The van der Waals surface area contributed by atoms with Crippen LogP contribution < -0.4 is 4.90 Å².